The van der Waals surface area contributed by atoms with Gasteiger partial charge in [0.05, 0.1) is 11.9 Å². The summed E-state index contributed by atoms with van der Waals surface area (Å²) in [7, 11) is 0. The lowest BCUT2D eigenvalue weighted by Gasteiger charge is -2.03. The highest BCUT2D eigenvalue weighted by atomic mass is 16.4. The second-order valence-corrected chi connectivity index (χ2v) is 4.22. The molecular weight excluding hydrogens is 276 g/mol. The van der Waals surface area contributed by atoms with Gasteiger partial charge in [0.15, 0.2) is 0 Å². The minimum absolute atomic E-state index is 0.226. The lowest BCUT2D eigenvalue weighted by atomic mass is 10.1. The summed E-state index contributed by atoms with van der Waals surface area (Å²) in [6.45, 7) is -0.299. The first kappa shape index (κ1) is 14.3. The molecule has 2 amide bonds. The number of primary amides is 1. The molecule has 2 aromatic rings. The molecule has 8 nitrogen and oxygen atoms in total. The number of rotatable bonds is 5. The number of nitrogens with one attached hydrogen (secondary N) is 1. The van der Waals surface area contributed by atoms with Crippen LogP contribution in [0.25, 0.3) is 0 Å². The second kappa shape index (κ2) is 5.87. The van der Waals surface area contributed by atoms with Gasteiger partial charge >= 0.3 is 5.97 Å². The van der Waals surface area contributed by atoms with Gasteiger partial charge in [0.1, 0.15) is 6.54 Å². The van der Waals surface area contributed by atoms with Crippen LogP contribution in [-0.2, 0) is 11.3 Å². The molecular formula is C13H12N4O4. The van der Waals surface area contributed by atoms with Gasteiger partial charge in [0.2, 0.25) is 5.91 Å². The standard InChI is InChI=1S/C13H12N4O4/c14-12(20)8-2-1-3-9(4-8)13(21)16-10-5-15-17(6-10)7-11(18)19/h1-6H,7H2,(H2,14,20)(H,16,21)(H,18,19). The number of carboxylic acid groups (broad SMARTS) is 1. The molecule has 0 spiro atoms. The van der Waals surface area contributed by atoms with Gasteiger partial charge in [0.25, 0.3) is 5.91 Å². The van der Waals surface area contributed by atoms with Crippen molar-refractivity contribution in [1.82, 2.24) is 9.78 Å². The maximum Gasteiger partial charge on any atom is 0.325 e. The van der Waals surface area contributed by atoms with E-state index in [-0.39, 0.29) is 17.7 Å². The summed E-state index contributed by atoms with van der Waals surface area (Å²) < 4.78 is 1.18. The fourth-order valence-electron chi connectivity index (χ4n) is 1.67. The van der Waals surface area contributed by atoms with Crippen molar-refractivity contribution in [3.8, 4) is 0 Å². The smallest absolute Gasteiger partial charge is 0.325 e. The highest BCUT2D eigenvalue weighted by Gasteiger charge is 2.10. The molecule has 0 aliphatic carbocycles. The third kappa shape index (κ3) is 3.66. The lowest BCUT2D eigenvalue weighted by Crippen LogP contribution is -2.15. The summed E-state index contributed by atoms with van der Waals surface area (Å²) >= 11 is 0. The fourth-order valence-corrected chi connectivity index (χ4v) is 1.67. The predicted molar refractivity (Wildman–Crippen MR) is 72.8 cm³/mol. The monoisotopic (exact) mass is 288 g/mol. The summed E-state index contributed by atoms with van der Waals surface area (Å²) in [4.78, 5) is 33.6. The molecule has 4 N–H and O–H groups in total. The third-order valence-electron chi connectivity index (χ3n) is 2.60. The van der Waals surface area contributed by atoms with Crippen LogP contribution < -0.4 is 11.1 Å². The Morgan fingerprint density at radius 2 is 2.00 bits per heavy atom. The minimum atomic E-state index is -1.04. The topological polar surface area (TPSA) is 127 Å². The van der Waals surface area contributed by atoms with Crippen molar-refractivity contribution in [1.29, 1.82) is 0 Å². The summed E-state index contributed by atoms with van der Waals surface area (Å²) in [6, 6.07) is 5.95. The number of carboxylic acids is 1. The number of hydrogen-bond donors (Lipinski definition) is 3. The van der Waals surface area contributed by atoms with Gasteiger partial charge in [0, 0.05) is 17.3 Å². The van der Waals surface area contributed by atoms with Crippen LogP contribution in [0.2, 0.25) is 0 Å². The van der Waals surface area contributed by atoms with Crippen molar-refractivity contribution < 1.29 is 19.5 Å². The zero-order valence-electron chi connectivity index (χ0n) is 10.8. The Morgan fingerprint density at radius 1 is 1.29 bits per heavy atom. The number of carbonyl (C=O) groups excluding carboxylic acids is 2. The summed E-state index contributed by atoms with van der Waals surface area (Å²) in [5, 5.41) is 15.0. The van der Waals surface area contributed by atoms with E-state index in [0.717, 1.165) is 0 Å². The molecule has 0 unspecified atom stereocenters. The Balaban J connectivity index is 2.10. The van der Waals surface area contributed by atoms with Gasteiger partial charge in [-0.2, -0.15) is 5.10 Å². The lowest BCUT2D eigenvalue weighted by molar-refractivity contribution is -0.137. The van der Waals surface area contributed by atoms with E-state index < -0.39 is 17.8 Å². The van der Waals surface area contributed by atoms with Crippen LogP contribution in [-0.4, -0.2) is 32.7 Å². The van der Waals surface area contributed by atoms with E-state index >= 15 is 0 Å². The molecule has 8 heteroatoms. The van der Waals surface area contributed by atoms with Gasteiger partial charge in [-0.1, -0.05) is 6.07 Å². The molecule has 0 saturated heterocycles. The predicted octanol–water partition coefficient (Wildman–Crippen LogP) is 0.319. The van der Waals surface area contributed by atoms with E-state index in [2.05, 4.69) is 10.4 Å². The number of nitrogens with two attached hydrogens (primary N) is 1. The summed E-state index contributed by atoms with van der Waals surface area (Å²) in [6.07, 6.45) is 2.72. The Hall–Kier alpha value is -3.16. The number of hydrogen-bond acceptors (Lipinski definition) is 4. The van der Waals surface area contributed by atoms with E-state index in [4.69, 9.17) is 10.8 Å². The zero-order chi connectivity index (χ0) is 15.4. The third-order valence-corrected chi connectivity index (χ3v) is 2.60. The van der Waals surface area contributed by atoms with E-state index in [1.807, 2.05) is 0 Å². The molecule has 2 rings (SSSR count). The van der Waals surface area contributed by atoms with Crippen LogP contribution >= 0.6 is 0 Å². The number of amides is 2. The number of benzene rings is 1. The Morgan fingerprint density at radius 3 is 2.67 bits per heavy atom. The van der Waals surface area contributed by atoms with E-state index in [1.165, 1.54) is 35.3 Å². The average molecular weight is 288 g/mol. The quantitative estimate of drug-likeness (QED) is 0.730. The van der Waals surface area contributed by atoms with E-state index in [1.54, 1.807) is 6.07 Å². The van der Waals surface area contributed by atoms with Gasteiger partial charge in [-0.3, -0.25) is 19.1 Å². The Labute approximate surface area is 119 Å². The molecule has 1 aromatic carbocycles. The van der Waals surface area contributed by atoms with E-state index in [0.29, 0.717) is 5.69 Å². The number of nitrogens with zero attached hydrogens (tertiary/aromatic N) is 2. The van der Waals surface area contributed by atoms with Crippen molar-refractivity contribution in [2.24, 2.45) is 5.73 Å². The number of aromatic nitrogens is 2. The summed E-state index contributed by atoms with van der Waals surface area (Å²) in [5.74, 6) is -2.11. The molecule has 1 aromatic heterocycles. The Kier molecular flexibility index (Phi) is 3.98. The number of aliphatic carboxylic acids is 1. The maximum absolute atomic E-state index is 12.0. The SMILES string of the molecule is NC(=O)c1cccc(C(=O)Nc2cnn(CC(=O)O)c2)c1. The Bertz CT molecular complexity index is 708. The van der Waals surface area contributed by atoms with Crippen LogP contribution in [0.15, 0.2) is 36.7 Å². The second-order valence-electron chi connectivity index (χ2n) is 4.22. The van der Waals surface area contributed by atoms with Crippen LogP contribution in [0.1, 0.15) is 20.7 Å². The molecule has 1 heterocycles. The zero-order valence-corrected chi connectivity index (χ0v) is 10.8. The average Bonchev–Trinajstić information content (AvgIpc) is 2.85. The normalized spacial score (nSPS) is 10.1. The molecule has 0 saturated carbocycles. The van der Waals surface area contributed by atoms with Gasteiger partial charge in [-0.25, -0.2) is 0 Å². The van der Waals surface area contributed by atoms with Crippen molar-refractivity contribution in [2.75, 3.05) is 5.32 Å². The van der Waals surface area contributed by atoms with Crippen LogP contribution in [0, 0.1) is 0 Å². The molecule has 0 aliphatic rings. The van der Waals surface area contributed by atoms with Crippen molar-refractivity contribution in [3.05, 3.63) is 47.8 Å². The molecule has 0 bridgehead atoms. The van der Waals surface area contributed by atoms with Crippen molar-refractivity contribution in [3.63, 3.8) is 0 Å². The van der Waals surface area contributed by atoms with Gasteiger partial charge in [-0.05, 0) is 18.2 Å². The first-order valence-electron chi connectivity index (χ1n) is 5.91. The van der Waals surface area contributed by atoms with Gasteiger partial charge in [-0.15, -0.1) is 0 Å². The first-order chi connectivity index (χ1) is 9.95. The highest BCUT2D eigenvalue weighted by molar-refractivity contribution is 6.05. The van der Waals surface area contributed by atoms with Crippen molar-refractivity contribution >= 4 is 23.5 Å². The van der Waals surface area contributed by atoms with Gasteiger partial charge < -0.3 is 16.2 Å². The molecule has 21 heavy (non-hydrogen) atoms. The highest BCUT2D eigenvalue weighted by Crippen LogP contribution is 2.10. The summed E-state index contributed by atoms with van der Waals surface area (Å²) in [5.41, 5.74) is 5.99. The molecule has 0 aliphatic heterocycles. The minimum Gasteiger partial charge on any atom is -0.480 e. The van der Waals surface area contributed by atoms with E-state index in [9.17, 15) is 14.4 Å². The maximum atomic E-state index is 12.0. The van der Waals surface area contributed by atoms with Crippen molar-refractivity contribution in [2.45, 2.75) is 6.54 Å². The molecule has 108 valence electrons. The molecule has 0 atom stereocenters. The fraction of sp³-hybridized carbons (Fsp3) is 0.0769. The van der Waals surface area contributed by atoms with Crippen LogP contribution in [0.5, 0.6) is 0 Å². The first-order valence-corrected chi connectivity index (χ1v) is 5.91. The number of anilines is 1. The largest absolute Gasteiger partial charge is 0.480 e. The number of carbonyl (C=O) groups is 3. The molecule has 0 radical (unpaired) electrons. The van der Waals surface area contributed by atoms with Crippen LogP contribution in [0.4, 0.5) is 5.69 Å². The molecule has 0 fully saturated rings. The van der Waals surface area contributed by atoms with Crippen LogP contribution in [0.3, 0.4) is 0 Å².